The Balaban J connectivity index is 1.11. The minimum atomic E-state index is 0.864. The van der Waals surface area contributed by atoms with E-state index in [1.807, 2.05) is 0 Å². The highest BCUT2D eigenvalue weighted by Crippen LogP contribution is 2.46. The van der Waals surface area contributed by atoms with Gasteiger partial charge in [-0.15, -0.1) is 0 Å². The van der Waals surface area contributed by atoms with Crippen LogP contribution in [0.15, 0.2) is 217 Å². The molecule has 10 aromatic carbocycles. The van der Waals surface area contributed by atoms with Crippen molar-refractivity contribution < 1.29 is 4.42 Å². The summed E-state index contributed by atoms with van der Waals surface area (Å²) in [5.41, 5.74) is 12.1. The first-order valence-corrected chi connectivity index (χ1v) is 19.2. The second kappa shape index (κ2) is 13.2. The van der Waals surface area contributed by atoms with Crippen molar-refractivity contribution in [2.75, 3.05) is 4.90 Å². The number of anilines is 3. The Kier molecular flexibility index (Phi) is 7.53. The van der Waals surface area contributed by atoms with Gasteiger partial charge in [0.05, 0.1) is 0 Å². The Morgan fingerprint density at radius 3 is 1.71 bits per heavy atom. The third kappa shape index (κ3) is 5.34. The van der Waals surface area contributed by atoms with Gasteiger partial charge in [0.1, 0.15) is 11.2 Å². The maximum absolute atomic E-state index is 6.87. The molecule has 0 fully saturated rings. The van der Waals surface area contributed by atoms with E-state index in [0.717, 1.165) is 55.3 Å². The summed E-state index contributed by atoms with van der Waals surface area (Å²) in [6.45, 7) is 0. The molecule has 0 saturated carbocycles. The van der Waals surface area contributed by atoms with Gasteiger partial charge in [-0.2, -0.15) is 0 Å². The molecule has 262 valence electrons. The molecule has 0 saturated heterocycles. The van der Waals surface area contributed by atoms with E-state index in [9.17, 15) is 0 Å². The van der Waals surface area contributed by atoms with Gasteiger partial charge in [0.25, 0.3) is 0 Å². The highest BCUT2D eigenvalue weighted by atomic mass is 16.3. The molecule has 11 aromatic rings. The highest BCUT2D eigenvalue weighted by molar-refractivity contribution is 6.22. The van der Waals surface area contributed by atoms with E-state index >= 15 is 0 Å². The minimum absolute atomic E-state index is 0.864. The lowest BCUT2D eigenvalue weighted by Crippen LogP contribution is -2.09. The molecular weight excluding hydrogens is 679 g/mol. The summed E-state index contributed by atoms with van der Waals surface area (Å²) in [7, 11) is 0. The van der Waals surface area contributed by atoms with Gasteiger partial charge in [-0.1, -0.05) is 158 Å². The molecule has 0 radical (unpaired) electrons. The number of hydrogen-bond acceptors (Lipinski definition) is 2. The summed E-state index contributed by atoms with van der Waals surface area (Å²) in [4.78, 5) is 2.34. The Labute approximate surface area is 325 Å². The van der Waals surface area contributed by atoms with Gasteiger partial charge >= 0.3 is 0 Å². The number of fused-ring (bicyclic) bond motifs is 7. The van der Waals surface area contributed by atoms with Crippen LogP contribution < -0.4 is 4.90 Å². The van der Waals surface area contributed by atoms with Crippen molar-refractivity contribution in [2.24, 2.45) is 0 Å². The zero-order valence-electron chi connectivity index (χ0n) is 30.6. The SMILES string of the molecule is c1ccc(N(c2ccc(-c3ccc4ccccc4c3)cc2)c2ccc3oc4c5ccccc5cc(-c5ccccc5-c5cccc6ccccc56)c4c3c2)cc1. The Bertz CT molecular complexity index is 3240. The van der Waals surface area contributed by atoms with E-state index < -0.39 is 0 Å². The quantitative estimate of drug-likeness (QED) is 0.171. The zero-order chi connectivity index (χ0) is 37.0. The number of para-hydroxylation sites is 1. The van der Waals surface area contributed by atoms with Crippen LogP contribution in [-0.2, 0) is 0 Å². The lowest BCUT2D eigenvalue weighted by atomic mass is 9.88. The normalized spacial score (nSPS) is 11.6. The highest BCUT2D eigenvalue weighted by Gasteiger charge is 2.21. The minimum Gasteiger partial charge on any atom is -0.455 e. The molecule has 0 bridgehead atoms. The van der Waals surface area contributed by atoms with Crippen molar-refractivity contribution in [3.8, 4) is 33.4 Å². The van der Waals surface area contributed by atoms with Crippen LogP contribution in [0.25, 0.3) is 87.6 Å². The van der Waals surface area contributed by atoms with Crippen LogP contribution in [0.1, 0.15) is 0 Å². The van der Waals surface area contributed by atoms with Gasteiger partial charge in [-0.05, 0) is 115 Å². The van der Waals surface area contributed by atoms with Crippen molar-refractivity contribution in [3.63, 3.8) is 0 Å². The standard InChI is InChI=1S/C54H35NO/c1-2-18-42(19-3-1)55(43-29-27-37(28-30-43)40-26-25-36-13-4-5-15-39(36)33-40)44-31-32-52-51(35-44)53-50(34-41-16-7-9-21-46(41)54(53)56-52)49-23-11-10-22-48(49)47-24-12-17-38-14-6-8-20-45(38)47/h1-35H. The molecule has 2 nitrogen and oxygen atoms in total. The summed E-state index contributed by atoms with van der Waals surface area (Å²) in [5, 5.41) is 9.42. The second-order valence-electron chi connectivity index (χ2n) is 14.5. The predicted octanol–water partition coefficient (Wildman–Crippen LogP) is 15.5. The molecule has 1 heterocycles. The smallest absolute Gasteiger partial charge is 0.143 e. The average Bonchev–Trinajstić information content (AvgIpc) is 3.66. The predicted molar refractivity (Wildman–Crippen MR) is 237 cm³/mol. The number of nitrogens with zero attached hydrogens (tertiary/aromatic N) is 1. The molecule has 0 spiro atoms. The Morgan fingerprint density at radius 2 is 0.893 bits per heavy atom. The van der Waals surface area contributed by atoms with Crippen molar-refractivity contribution in [1.82, 2.24) is 0 Å². The van der Waals surface area contributed by atoms with Crippen LogP contribution in [0.5, 0.6) is 0 Å². The lowest BCUT2D eigenvalue weighted by molar-refractivity contribution is 0.673. The van der Waals surface area contributed by atoms with Gasteiger partial charge in [0, 0.05) is 33.2 Å². The monoisotopic (exact) mass is 713 g/mol. The zero-order valence-corrected chi connectivity index (χ0v) is 30.6. The molecule has 0 unspecified atom stereocenters. The fourth-order valence-corrected chi connectivity index (χ4v) is 8.56. The van der Waals surface area contributed by atoms with Crippen LogP contribution in [0.3, 0.4) is 0 Å². The van der Waals surface area contributed by atoms with Gasteiger partial charge in [-0.3, -0.25) is 0 Å². The number of furan rings is 1. The van der Waals surface area contributed by atoms with Gasteiger partial charge in [0.2, 0.25) is 0 Å². The van der Waals surface area contributed by atoms with Crippen molar-refractivity contribution >= 4 is 71.3 Å². The number of rotatable bonds is 6. The van der Waals surface area contributed by atoms with Crippen LogP contribution in [0, 0.1) is 0 Å². The molecule has 0 atom stereocenters. The van der Waals surface area contributed by atoms with Crippen LogP contribution in [0.2, 0.25) is 0 Å². The molecular formula is C54H35NO. The van der Waals surface area contributed by atoms with Gasteiger partial charge in [0.15, 0.2) is 0 Å². The summed E-state index contributed by atoms with van der Waals surface area (Å²) in [6, 6.07) is 76.4. The molecule has 0 aliphatic rings. The van der Waals surface area contributed by atoms with Crippen LogP contribution in [-0.4, -0.2) is 0 Å². The Hall–Kier alpha value is -7.42. The fourth-order valence-electron chi connectivity index (χ4n) is 8.56. The topological polar surface area (TPSA) is 16.4 Å². The summed E-state index contributed by atoms with van der Waals surface area (Å²) in [5.74, 6) is 0. The second-order valence-corrected chi connectivity index (χ2v) is 14.5. The average molecular weight is 714 g/mol. The van der Waals surface area contributed by atoms with Crippen molar-refractivity contribution in [3.05, 3.63) is 212 Å². The van der Waals surface area contributed by atoms with E-state index in [1.165, 1.54) is 49.4 Å². The van der Waals surface area contributed by atoms with E-state index in [0.29, 0.717) is 0 Å². The molecule has 2 heteroatoms. The Morgan fingerprint density at radius 1 is 0.304 bits per heavy atom. The molecule has 0 aliphatic carbocycles. The van der Waals surface area contributed by atoms with E-state index in [1.54, 1.807) is 0 Å². The first kappa shape index (κ1) is 32.0. The molecule has 0 N–H and O–H groups in total. The maximum atomic E-state index is 6.87. The molecule has 0 aliphatic heterocycles. The van der Waals surface area contributed by atoms with Gasteiger partial charge < -0.3 is 9.32 Å². The van der Waals surface area contributed by atoms with Gasteiger partial charge in [-0.25, -0.2) is 0 Å². The third-order valence-electron chi connectivity index (χ3n) is 11.2. The summed E-state index contributed by atoms with van der Waals surface area (Å²) >= 11 is 0. The largest absolute Gasteiger partial charge is 0.455 e. The molecule has 0 amide bonds. The lowest BCUT2D eigenvalue weighted by Gasteiger charge is -2.25. The van der Waals surface area contributed by atoms with E-state index in [-0.39, 0.29) is 0 Å². The number of hydrogen-bond donors (Lipinski definition) is 0. The van der Waals surface area contributed by atoms with Crippen molar-refractivity contribution in [1.29, 1.82) is 0 Å². The van der Waals surface area contributed by atoms with Crippen molar-refractivity contribution in [2.45, 2.75) is 0 Å². The maximum Gasteiger partial charge on any atom is 0.143 e. The first-order valence-electron chi connectivity index (χ1n) is 19.2. The first-order chi connectivity index (χ1) is 27.8. The summed E-state index contributed by atoms with van der Waals surface area (Å²) in [6.07, 6.45) is 0. The van der Waals surface area contributed by atoms with Crippen LogP contribution in [0.4, 0.5) is 17.1 Å². The molecule has 56 heavy (non-hydrogen) atoms. The van der Waals surface area contributed by atoms with E-state index in [2.05, 4.69) is 217 Å². The molecule has 1 aromatic heterocycles. The molecule has 11 rings (SSSR count). The summed E-state index contributed by atoms with van der Waals surface area (Å²) < 4.78 is 6.87. The fraction of sp³-hybridized carbons (Fsp3) is 0. The number of benzene rings is 10. The third-order valence-corrected chi connectivity index (χ3v) is 11.2. The van der Waals surface area contributed by atoms with Crippen LogP contribution >= 0.6 is 0 Å². The van der Waals surface area contributed by atoms with E-state index in [4.69, 9.17) is 4.42 Å².